The first-order chi connectivity index (χ1) is 27.6. The molecular weight excluding hydrogens is 814 g/mol. The summed E-state index contributed by atoms with van der Waals surface area (Å²) in [5.41, 5.74) is 1.55. The van der Waals surface area contributed by atoms with E-state index in [0.29, 0.717) is 44.3 Å². The molecular formula is C38H57Cl2N8O9P. The Morgan fingerprint density at radius 3 is 2.19 bits per heavy atom. The molecule has 1 aromatic carbocycles. The molecule has 0 bridgehead atoms. The second-order valence-corrected chi connectivity index (χ2v) is 18.3. The molecule has 0 spiro atoms. The number of benzene rings is 1. The number of alkyl halides is 2. The number of hydrogen-bond acceptors (Lipinski definition) is 8. The quantitative estimate of drug-likeness (QED) is 0.121. The molecule has 0 radical (unpaired) electrons. The van der Waals surface area contributed by atoms with Gasteiger partial charge in [-0.25, -0.2) is 9.76 Å². The lowest BCUT2D eigenvalue weighted by molar-refractivity contribution is -0.146. The van der Waals surface area contributed by atoms with E-state index in [2.05, 4.69) is 31.3 Å². The highest BCUT2D eigenvalue weighted by molar-refractivity contribution is 7.54. The number of nitrogens with one attached hydrogen (secondary N) is 6. The Morgan fingerprint density at radius 2 is 1.57 bits per heavy atom. The second-order valence-electron chi connectivity index (χ2n) is 15.3. The molecule has 5 rings (SSSR count). The first-order valence-electron chi connectivity index (χ1n) is 19.7. The molecule has 4 heterocycles. The van der Waals surface area contributed by atoms with Crippen LogP contribution in [0.1, 0.15) is 65.4 Å². The lowest BCUT2D eigenvalue weighted by Crippen LogP contribution is -2.59. The van der Waals surface area contributed by atoms with Crippen LogP contribution in [0.5, 0.6) is 0 Å². The molecule has 7 N–H and O–H groups in total. The van der Waals surface area contributed by atoms with Crippen LogP contribution in [0.2, 0.25) is 0 Å². The van der Waals surface area contributed by atoms with Crippen molar-refractivity contribution >= 4 is 77.3 Å². The predicted octanol–water partition coefficient (Wildman–Crippen LogP) is 2.72. The Kier molecular flexibility index (Phi) is 17.8. The van der Waals surface area contributed by atoms with E-state index >= 15 is 0 Å². The van der Waals surface area contributed by atoms with Gasteiger partial charge < -0.3 is 40.8 Å². The van der Waals surface area contributed by atoms with Crippen LogP contribution < -0.4 is 26.4 Å². The number of halogens is 2. The smallest absolute Gasteiger partial charge is 0.343 e. The Bertz CT molecular complexity index is 1800. The summed E-state index contributed by atoms with van der Waals surface area (Å²) in [5.74, 6) is -4.02. The van der Waals surface area contributed by atoms with Crippen LogP contribution in [-0.4, -0.2) is 130 Å². The Morgan fingerprint density at radius 1 is 0.914 bits per heavy atom. The van der Waals surface area contributed by atoms with Crippen molar-refractivity contribution in [3.05, 3.63) is 36.0 Å². The number of H-pyrrole nitrogens is 1. The maximum Gasteiger partial charge on any atom is 0.343 e. The maximum absolute atomic E-state index is 13.8. The van der Waals surface area contributed by atoms with E-state index in [9.17, 15) is 38.4 Å². The van der Waals surface area contributed by atoms with Gasteiger partial charge in [0.05, 0.1) is 13.0 Å². The number of carbonyl (C=O) groups is 6. The number of fused-ring (bicyclic) bond motifs is 2. The SMILES string of the molecule is CC(C)C[C@@H]1NC(=O)[C@@H](C(C)C)NC(=O)[C@@H]2CCCN2C(=O)[C@@H](CC(=O)O)NC(=O)[C@@H](Cc2c[nH]c3ccccc23)NC1=O.O=P1(N(CCCl)CCCl)NCCCO1. The number of carboxylic acid groups (broad SMARTS) is 1. The van der Waals surface area contributed by atoms with E-state index in [-0.39, 0.29) is 31.2 Å². The van der Waals surface area contributed by atoms with Crippen molar-refractivity contribution in [1.82, 2.24) is 40.9 Å². The summed E-state index contributed by atoms with van der Waals surface area (Å²) in [7, 11) is -2.84. The minimum absolute atomic E-state index is 0.00858. The van der Waals surface area contributed by atoms with Gasteiger partial charge in [0.15, 0.2) is 0 Å². The standard InChI is InChI=1S/C31H42N6O7.C7H15Cl2N2O2P/c1-16(2)12-21-27(40)33-22(13-18-15-32-20-9-6-5-8-19(18)20)28(41)35-23(14-25(38)39)31(44)37-11-7-10-24(37)29(42)36-26(17(3)4)30(43)34-21;8-2-5-11(6-3-9)14(12)10-4-1-7-13-14/h5-6,8-9,15-17,21-24,26,32H,7,10-14H2,1-4H3,(H,33,40)(H,34,43)(H,35,41)(H,36,42)(H,38,39);1-7H2,(H,10,12)/t21-,22+,23+,24-,26+;/m0./s1. The zero-order chi connectivity index (χ0) is 42.6. The summed E-state index contributed by atoms with van der Waals surface area (Å²) in [6.07, 6.45) is 3.00. The normalized spacial score (nSPS) is 26.3. The second kappa shape index (κ2) is 22.0. The molecule has 1 aromatic heterocycles. The molecule has 58 heavy (non-hydrogen) atoms. The molecule has 3 aliphatic rings. The number of hydrogen-bond donors (Lipinski definition) is 7. The minimum Gasteiger partial charge on any atom is -0.481 e. The lowest BCUT2D eigenvalue weighted by Gasteiger charge is -2.33. The van der Waals surface area contributed by atoms with Gasteiger partial charge in [0.1, 0.15) is 30.2 Å². The van der Waals surface area contributed by atoms with Gasteiger partial charge in [-0.15, -0.1) is 23.2 Å². The third-order valence-electron chi connectivity index (χ3n) is 10.1. The monoisotopic (exact) mass is 870 g/mol. The van der Waals surface area contributed by atoms with Gasteiger partial charge in [0, 0.05) is 61.5 Å². The van der Waals surface area contributed by atoms with Crippen LogP contribution in [0.4, 0.5) is 0 Å². The predicted molar refractivity (Wildman–Crippen MR) is 220 cm³/mol. The molecule has 3 saturated heterocycles. The number of aromatic nitrogens is 1. The van der Waals surface area contributed by atoms with Crippen molar-refractivity contribution in [1.29, 1.82) is 0 Å². The maximum atomic E-state index is 13.8. The van der Waals surface area contributed by atoms with Crippen LogP contribution in [-0.2, 0) is 44.3 Å². The van der Waals surface area contributed by atoms with Crippen molar-refractivity contribution in [3.8, 4) is 0 Å². The molecule has 3 aliphatic heterocycles. The first kappa shape index (κ1) is 47.0. The van der Waals surface area contributed by atoms with E-state index in [1.807, 2.05) is 38.1 Å². The minimum atomic E-state index is -2.84. The number of nitrogens with zero attached hydrogens (tertiary/aromatic N) is 2. The number of aliphatic carboxylic acids is 1. The third kappa shape index (κ3) is 12.6. The number of carbonyl (C=O) groups excluding carboxylic acids is 5. The fourth-order valence-corrected chi connectivity index (χ4v) is 9.82. The lowest BCUT2D eigenvalue weighted by atomic mass is 9.98. The van der Waals surface area contributed by atoms with Gasteiger partial charge in [-0.05, 0) is 49.1 Å². The molecule has 1 unspecified atom stereocenters. The van der Waals surface area contributed by atoms with E-state index in [1.54, 1.807) is 24.7 Å². The highest BCUT2D eigenvalue weighted by Crippen LogP contribution is 2.48. The van der Waals surface area contributed by atoms with E-state index in [1.165, 1.54) is 4.90 Å². The number of aromatic amines is 1. The average Bonchev–Trinajstić information content (AvgIpc) is 3.83. The largest absolute Gasteiger partial charge is 0.481 e. The van der Waals surface area contributed by atoms with Gasteiger partial charge in [-0.2, -0.15) is 0 Å². The summed E-state index contributed by atoms with van der Waals surface area (Å²) >= 11 is 11.2. The molecule has 3 fully saturated rings. The number of para-hydroxylation sites is 1. The molecule has 0 saturated carbocycles. The Labute approximate surface area is 348 Å². The summed E-state index contributed by atoms with van der Waals surface area (Å²) in [5, 5.41) is 24.2. The fraction of sp³-hybridized carbons (Fsp3) is 0.632. The van der Waals surface area contributed by atoms with E-state index in [4.69, 9.17) is 27.7 Å². The summed E-state index contributed by atoms with van der Waals surface area (Å²) in [4.78, 5) is 84.4. The topological polar surface area (TPSA) is 231 Å². The van der Waals surface area contributed by atoms with Gasteiger partial charge in [0.25, 0.3) is 0 Å². The summed E-state index contributed by atoms with van der Waals surface area (Å²) in [6, 6.07) is 1.79. The van der Waals surface area contributed by atoms with Crippen LogP contribution in [0.3, 0.4) is 0 Å². The Balaban J connectivity index is 0.000000448. The first-order valence-corrected chi connectivity index (χ1v) is 22.4. The highest BCUT2D eigenvalue weighted by atomic mass is 35.5. The molecule has 6 atom stereocenters. The summed E-state index contributed by atoms with van der Waals surface area (Å²) in [6.45, 7) is 9.80. The number of carboxylic acids is 1. The third-order valence-corrected chi connectivity index (χ3v) is 12.7. The molecule has 17 nitrogen and oxygen atoms in total. The zero-order valence-electron chi connectivity index (χ0n) is 33.4. The highest BCUT2D eigenvalue weighted by Gasteiger charge is 2.42. The van der Waals surface area contributed by atoms with Crippen LogP contribution in [0, 0.1) is 11.8 Å². The van der Waals surface area contributed by atoms with E-state index in [0.717, 1.165) is 29.4 Å². The Hall–Kier alpha value is -3.73. The van der Waals surface area contributed by atoms with Crippen molar-refractivity contribution < 1.29 is 43.0 Å². The van der Waals surface area contributed by atoms with Gasteiger partial charge in [-0.1, -0.05) is 45.9 Å². The molecule has 2 aromatic rings. The van der Waals surface area contributed by atoms with Crippen molar-refractivity contribution in [2.24, 2.45) is 11.8 Å². The van der Waals surface area contributed by atoms with Crippen molar-refractivity contribution in [2.45, 2.75) is 96.4 Å². The summed E-state index contributed by atoms with van der Waals surface area (Å²) < 4.78 is 19.2. The van der Waals surface area contributed by atoms with Crippen LogP contribution in [0.25, 0.3) is 10.9 Å². The fourth-order valence-electron chi connectivity index (χ4n) is 7.18. The van der Waals surface area contributed by atoms with Crippen molar-refractivity contribution in [3.63, 3.8) is 0 Å². The molecule has 20 heteroatoms. The average molecular weight is 872 g/mol. The van der Waals surface area contributed by atoms with Gasteiger partial charge >= 0.3 is 13.6 Å². The molecule has 322 valence electrons. The van der Waals surface area contributed by atoms with E-state index < -0.39 is 79.8 Å². The molecule has 0 aliphatic carbocycles. The molecule has 5 amide bonds. The zero-order valence-corrected chi connectivity index (χ0v) is 35.8. The van der Waals surface area contributed by atoms with Crippen molar-refractivity contribution in [2.75, 3.05) is 44.5 Å². The van der Waals surface area contributed by atoms with Crippen LogP contribution in [0.15, 0.2) is 30.5 Å². The van der Waals surface area contributed by atoms with Crippen LogP contribution >= 0.6 is 30.9 Å². The number of amides is 5. The van der Waals surface area contributed by atoms with Gasteiger partial charge in [0.2, 0.25) is 29.5 Å². The number of rotatable bonds is 12. The van der Waals surface area contributed by atoms with Gasteiger partial charge in [-0.3, -0.25) is 33.3 Å².